The number of benzene rings is 2. The van der Waals surface area contributed by atoms with Crippen molar-refractivity contribution in [3.05, 3.63) is 53.6 Å². The molecule has 2 aromatic carbocycles. The van der Waals surface area contributed by atoms with Crippen molar-refractivity contribution < 1.29 is 28.6 Å². The van der Waals surface area contributed by atoms with Gasteiger partial charge in [-0.25, -0.2) is 9.69 Å². The quantitative estimate of drug-likeness (QED) is 0.630. The monoisotopic (exact) mass is 382 g/mol. The van der Waals surface area contributed by atoms with Crippen molar-refractivity contribution in [3.8, 4) is 17.2 Å². The number of hydrogen-bond donors (Lipinski definition) is 1. The zero-order valence-corrected chi connectivity index (χ0v) is 15.5. The lowest BCUT2D eigenvalue weighted by Gasteiger charge is -2.27. The summed E-state index contributed by atoms with van der Waals surface area (Å²) < 4.78 is 15.7. The van der Waals surface area contributed by atoms with Crippen molar-refractivity contribution in [1.29, 1.82) is 0 Å². The van der Waals surface area contributed by atoms with Gasteiger partial charge in [0.25, 0.3) is 11.8 Å². The van der Waals surface area contributed by atoms with E-state index in [4.69, 9.17) is 14.2 Å². The molecule has 3 rings (SSSR count). The third-order valence-electron chi connectivity index (χ3n) is 4.16. The molecule has 8 heteroatoms. The number of imide groups is 2. The topological polar surface area (TPSA) is 94.2 Å². The van der Waals surface area contributed by atoms with E-state index in [1.807, 2.05) is 0 Å². The lowest BCUT2D eigenvalue weighted by atomic mass is 10.1. The number of barbiturate groups is 1. The average Bonchev–Trinajstić information content (AvgIpc) is 2.71. The molecule has 0 radical (unpaired) electrons. The van der Waals surface area contributed by atoms with Gasteiger partial charge >= 0.3 is 6.03 Å². The molecule has 0 saturated carbocycles. The maximum absolute atomic E-state index is 13.0. The summed E-state index contributed by atoms with van der Waals surface area (Å²) in [6, 6.07) is 10.6. The van der Waals surface area contributed by atoms with Crippen molar-refractivity contribution in [2.45, 2.75) is 0 Å². The number of hydrogen-bond acceptors (Lipinski definition) is 6. The maximum Gasteiger partial charge on any atom is 0.336 e. The van der Waals surface area contributed by atoms with Crippen LogP contribution in [0.25, 0.3) is 6.08 Å². The van der Waals surface area contributed by atoms with Crippen LogP contribution < -0.4 is 24.4 Å². The molecular formula is C20H18N2O6. The van der Waals surface area contributed by atoms with Gasteiger partial charge in [-0.1, -0.05) is 12.1 Å². The van der Waals surface area contributed by atoms with Crippen LogP contribution in [-0.4, -0.2) is 39.2 Å². The molecule has 1 heterocycles. The molecule has 0 aromatic heterocycles. The molecule has 1 aliphatic heterocycles. The number of amides is 4. The van der Waals surface area contributed by atoms with Gasteiger partial charge in [-0.05, 0) is 36.4 Å². The molecular weight excluding hydrogens is 364 g/mol. The molecule has 2 aromatic rings. The van der Waals surface area contributed by atoms with E-state index in [2.05, 4.69) is 5.32 Å². The van der Waals surface area contributed by atoms with Gasteiger partial charge in [-0.15, -0.1) is 0 Å². The first kappa shape index (κ1) is 19.0. The van der Waals surface area contributed by atoms with Crippen LogP contribution in [0, 0.1) is 0 Å². The highest BCUT2D eigenvalue weighted by Crippen LogP contribution is 2.32. The SMILES string of the molecule is COc1ccc(OC)c(C=C2C(=O)NC(=O)N(c3ccccc3OC)C2=O)c1. The van der Waals surface area contributed by atoms with Gasteiger partial charge in [0.05, 0.1) is 27.0 Å². The summed E-state index contributed by atoms with van der Waals surface area (Å²) in [6.07, 6.45) is 1.36. The van der Waals surface area contributed by atoms with Gasteiger partial charge in [0.15, 0.2) is 0 Å². The molecule has 0 aliphatic carbocycles. The van der Waals surface area contributed by atoms with Crippen LogP contribution in [0.4, 0.5) is 10.5 Å². The fourth-order valence-corrected chi connectivity index (χ4v) is 2.80. The minimum absolute atomic E-state index is 0.225. The van der Waals surface area contributed by atoms with Gasteiger partial charge in [0, 0.05) is 5.56 Å². The number of methoxy groups -OCH3 is 3. The molecule has 0 atom stereocenters. The van der Waals surface area contributed by atoms with Crippen molar-refractivity contribution in [1.82, 2.24) is 5.32 Å². The first-order valence-electron chi connectivity index (χ1n) is 8.26. The van der Waals surface area contributed by atoms with Crippen LogP contribution in [0.2, 0.25) is 0 Å². The lowest BCUT2D eigenvalue weighted by molar-refractivity contribution is -0.122. The molecule has 144 valence electrons. The smallest absolute Gasteiger partial charge is 0.336 e. The average molecular weight is 382 g/mol. The predicted molar refractivity (Wildman–Crippen MR) is 102 cm³/mol. The summed E-state index contributed by atoms with van der Waals surface area (Å²) in [6.45, 7) is 0. The van der Waals surface area contributed by atoms with Crippen LogP contribution in [0.15, 0.2) is 48.0 Å². The first-order chi connectivity index (χ1) is 13.5. The van der Waals surface area contributed by atoms with E-state index in [-0.39, 0.29) is 11.3 Å². The number of urea groups is 1. The molecule has 8 nitrogen and oxygen atoms in total. The second-order valence-corrected chi connectivity index (χ2v) is 5.74. The van der Waals surface area contributed by atoms with E-state index >= 15 is 0 Å². The number of nitrogens with one attached hydrogen (secondary N) is 1. The normalized spacial score (nSPS) is 15.5. The number of anilines is 1. The zero-order valence-electron chi connectivity index (χ0n) is 15.5. The van der Waals surface area contributed by atoms with Crippen LogP contribution in [0.5, 0.6) is 17.2 Å². The minimum atomic E-state index is -0.853. The second-order valence-electron chi connectivity index (χ2n) is 5.74. The Balaban J connectivity index is 2.09. The highest BCUT2D eigenvalue weighted by atomic mass is 16.5. The first-order valence-corrected chi connectivity index (χ1v) is 8.26. The Morgan fingerprint density at radius 3 is 2.29 bits per heavy atom. The summed E-state index contributed by atoms with van der Waals surface area (Å²) in [5.41, 5.74) is 0.454. The summed E-state index contributed by atoms with van der Waals surface area (Å²) in [5, 5.41) is 2.18. The Morgan fingerprint density at radius 1 is 0.893 bits per heavy atom. The molecule has 4 amide bonds. The minimum Gasteiger partial charge on any atom is -0.497 e. The molecule has 0 bridgehead atoms. The number of carbonyl (C=O) groups excluding carboxylic acids is 3. The van der Waals surface area contributed by atoms with Gasteiger partial charge < -0.3 is 14.2 Å². The zero-order chi connectivity index (χ0) is 20.3. The number of para-hydroxylation sites is 2. The Bertz CT molecular complexity index is 982. The highest BCUT2D eigenvalue weighted by molar-refractivity contribution is 6.39. The summed E-state index contributed by atoms with van der Waals surface area (Å²) in [7, 11) is 4.39. The van der Waals surface area contributed by atoms with Crippen LogP contribution in [-0.2, 0) is 9.59 Å². The van der Waals surface area contributed by atoms with E-state index in [0.29, 0.717) is 22.8 Å². The largest absolute Gasteiger partial charge is 0.497 e. The number of nitrogens with zero attached hydrogens (tertiary/aromatic N) is 1. The Labute approximate surface area is 161 Å². The Hall–Kier alpha value is -3.81. The van der Waals surface area contributed by atoms with Crippen molar-refractivity contribution in [2.75, 3.05) is 26.2 Å². The van der Waals surface area contributed by atoms with Crippen LogP contribution >= 0.6 is 0 Å². The summed E-state index contributed by atoms with van der Waals surface area (Å²) in [4.78, 5) is 38.6. The fourth-order valence-electron chi connectivity index (χ4n) is 2.80. The van der Waals surface area contributed by atoms with Crippen LogP contribution in [0.1, 0.15) is 5.56 Å². The summed E-state index contributed by atoms with van der Waals surface area (Å²) >= 11 is 0. The molecule has 1 N–H and O–H groups in total. The van der Waals surface area contributed by atoms with E-state index in [0.717, 1.165) is 4.90 Å². The van der Waals surface area contributed by atoms with Crippen molar-refractivity contribution >= 4 is 29.6 Å². The molecule has 28 heavy (non-hydrogen) atoms. The van der Waals surface area contributed by atoms with Gasteiger partial charge in [-0.3, -0.25) is 14.9 Å². The molecule has 1 fully saturated rings. The van der Waals surface area contributed by atoms with E-state index < -0.39 is 17.8 Å². The van der Waals surface area contributed by atoms with Crippen LogP contribution in [0.3, 0.4) is 0 Å². The van der Waals surface area contributed by atoms with E-state index in [1.54, 1.807) is 42.5 Å². The Morgan fingerprint density at radius 2 is 1.61 bits per heavy atom. The van der Waals surface area contributed by atoms with E-state index in [1.165, 1.54) is 27.4 Å². The fraction of sp³-hybridized carbons (Fsp3) is 0.150. The molecule has 1 saturated heterocycles. The van der Waals surface area contributed by atoms with Crippen molar-refractivity contribution in [2.24, 2.45) is 0 Å². The molecule has 0 unspecified atom stereocenters. The standard InChI is InChI=1S/C20H18N2O6/c1-26-13-8-9-16(27-2)12(10-13)11-14-18(23)21-20(25)22(19(14)24)15-6-4-5-7-17(15)28-3/h4-11H,1-3H3,(H,21,23,25). The molecule has 0 spiro atoms. The highest BCUT2D eigenvalue weighted by Gasteiger charge is 2.38. The number of ether oxygens (including phenoxy) is 3. The third-order valence-corrected chi connectivity index (χ3v) is 4.16. The van der Waals surface area contributed by atoms with Gasteiger partial charge in [0.2, 0.25) is 0 Å². The Kier molecular flexibility index (Phi) is 5.30. The second kappa shape index (κ2) is 7.83. The number of rotatable bonds is 5. The van der Waals surface area contributed by atoms with Gasteiger partial charge in [-0.2, -0.15) is 0 Å². The number of carbonyl (C=O) groups is 3. The lowest BCUT2D eigenvalue weighted by Crippen LogP contribution is -2.54. The molecule has 1 aliphatic rings. The predicted octanol–water partition coefficient (Wildman–Crippen LogP) is 2.38. The van der Waals surface area contributed by atoms with Crippen molar-refractivity contribution in [3.63, 3.8) is 0 Å². The third kappa shape index (κ3) is 3.39. The maximum atomic E-state index is 13.0. The van der Waals surface area contributed by atoms with E-state index in [9.17, 15) is 14.4 Å². The summed E-state index contributed by atoms with van der Waals surface area (Å²) in [5.74, 6) is -0.295. The van der Waals surface area contributed by atoms with Gasteiger partial charge in [0.1, 0.15) is 22.8 Å².